The van der Waals surface area contributed by atoms with E-state index in [9.17, 15) is 9.59 Å². The molecule has 37 heavy (non-hydrogen) atoms. The van der Waals surface area contributed by atoms with Crippen molar-refractivity contribution in [2.45, 2.75) is 25.8 Å². The van der Waals surface area contributed by atoms with E-state index < -0.39 is 6.09 Å². The standard InChI is InChI=1S/C25H21N9O3/c1-14-2-6-21(33-13-28-31-32-33)18(8-14)15-9-17-4-7-22(34(17)23(35)10-15)24-27-12-20(30-24)19-5-3-16(11-26-19)29-25(36)37/h2-3,5-6,8-13,22,29H,4,7H2,1H3,(H,27,30)(H,36,37)/t22-/m0/s1. The van der Waals surface area contributed by atoms with Gasteiger partial charge in [-0.3, -0.25) is 15.1 Å². The molecule has 0 saturated heterocycles. The number of carboxylic acid groups (broad SMARTS) is 1. The lowest BCUT2D eigenvalue weighted by Gasteiger charge is -2.15. The lowest BCUT2D eigenvalue weighted by Crippen LogP contribution is -2.23. The molecule has 12 nitrogen and oxygen atoms in total. The number of aromatic amines is 1. The highest BCUT2D eigenvalue weighted by atomic mass is 16.4. The molecule has 0 spiro atoms. The maximum Gasteiger partial charge on any atom is 0.409 e. The number of anilines is 1. The average Bonchev–Trinajstić information content (AvgIpc) is 3.65. The molecule has 0 fully saturated rings. The number of hydrogen-bond donors (Lipinski definition) is 3. The number of tetrazole rings is 1. The molecule has 0 unspecified atom stereocenters. The summed E-state index contributed by atoms with van der Waals surface area (Å²) < 4.78 is 3.37. The molecule has 1 aromatic carbocycles. The van der Waals surface area contributed by atoms with Crippen LogP contribution in [0, 0.1) is 6.92 Å². The van der Waals surface area contributed by atoms with Crippen molar-refractivity contribution in [1.29, 1.82) is 0 Å². The molecule has 0 aliphatic carbocycles. The normalized spacial score (nSPS) is 14.5. The van der Waals surface area contributed by atoms with Crippen LogP contribution in [0.4, 0.5) is 10.5 Å². The number of amides is 1. The van der Waals surface area contributed by atoms with E-state index in [1.54, 1.807) is 33.6 Å². The summed E-state index contributed by atoms with van der Waals surface area (Å²) in [7, 11) is 0. The van der Waals surface area contributed by atoms with Crippen molar-refractivity contribution < 1.29 is 9.90 Å². The quantitative estimate of drug-likeness (QED) is 0.335. The molecule has 1 atom stereocenters. The van der Waals surface area contributed by atoms with Gasteiger partial charge in [0, 0.05) is 17.3 Å². The number of nitrogens with zero attached hydrogens (tertiary/aromatic N) is 7. The van der Waals surface area contributed by atoms with E-state index in [0.29, 0.717) is 22.9 Å². The molecule has 0 bridgehead atoms. The van der Waals surface area contributed by atoms with Crippen LogP contribution in [-0.2, 0) is 6.42 Å². The minimum Gasteiger partial charge on any atom is -0.465 e. The predicted molar refractivity (Wildman–Crippen MR) is 134 cm³/mol. The molecule has 4 aromatic heterocycles. The second-order valence-corrected chi connectivity index (χ2v) is 8.82. The number of aromatic nitrogens is 8. The maximum atomic E-state index is 13.4. The summed E-state index contributed by atoms with van der Waals surface area (Å²) in [4.78, 5) is 36.3. The van der Waals surface area contributed by atoms with Gasteiger partial charge in [0.15, 0.2) is 0 Å². The van der Waals surface area contributed by atoms with Crippen LogP contribution in [0.15, 0.2) is 66.0 Å². The van der Waals surface area contributed by atoms with E-state index in [2.05, 4.69) is 35.8 Å². The number of hydrogen-bond acceptors (Lipinski definition) is 7. The molecule has 5 aromatic rings. The van der Waals surface area contributed by atoms with Crippen molar-refractivity contribution in [3.63, 3.8) is 0 Å². The number of nitrogens with one attached hydrogen (secondary N) is 2. The van der Waals surface area contributed by atoms with E-state index in [4.69, 9.17) is 5.11 Å². The molecule has 6 rings (SSSR count). The van der Waals surface area contributed by atoms with Crippen molar-refractivity contribution in [3.8, 4) is 28.2 Å². The fourth-order valence-corrected chi connectivity index (χ4v) is 4.75. The summed E-state index contributed by atoms with van der Waals surface area (Å²) in [6.07, 6.45) is 4.95. The third-order valence-corrected chi connectivity index (χ3v) is 6.39. The largest absolute Gasteiger partial charge is 0.465 e. The lowest BCUT2D eigenvalue weighted by molar-refractivity contribution is 0.209. The second kappa shape index (κ2) is 8.82. The van der Waals surface area contributed by atoms with E-state index in [1.807, 2.05) is 31.2 Å². The highest BCUT2D eigenvalue weighted by Crippen LogP contribution is 2.33. The number of aryl methyl sites for hydroxylation is 2. The topological polar surface area (TPSA) is 156 Å². The summed E-state index contributed by atoms with van der Waals surface area (Å²) in [5.74, 6) is 0.670. The zero-order valence-corrected chi connectivity index (χ0v) is 19.7. The lowest BCUT2D eigenvalue weighted by atomic mass is 10.0. The number of carbonyl (C=O) groups is 1. The van der Waals surface area contributed by atoms with Gasteiger partial charge in [0.2, 0.25) is 0 Å². The number of pyridine rings is 2. The van der Waals surface area contributed by atoms with Crippen LogP contribution in [0.25, 0.3) is 28.2 Å². The van der Waals surface area contributed by atoms with Crippen LogP contribution in [0.1, 0.15) is 29.5 Å². The SMILES string of the molecule is Cc1ccc(-n2cnnn2)c(-c2cc3n(c(=O)c2)[C@H](c2ncc(-c4ccc(NC(=O)O)cn4)[nH]2)CC3)c1. The first-order valence-electron chi connectivity index (χ1n) is 11.6. The molecule has 3 N–H and O–H groups in total. The Morgan fingerprint density at radius 3 is 2.78 bits per heavy atom. The number of fused-ring (bicyclic) bond motifs is 1. The van der Waals surface area contributed by atoms with Gasteiger partial charge in [0.1, 0.15) is 12.2 Å². The fraction of sp³-hybridized carbons (Fsp3) is 0.160. The van der Waals surface area contributed by atoms with Crippen LogP contribution in [0.3, 0.4) is 0 Å². The van der Waals surface area contributed by atoms with Gasteiger partial charge in [0.05, 0.1) is 41.2 Å². The second-order valence-electron chi connectivity index (χ2n) is 8.82. The highest BCUT2D eigenvalue weighted by Gasteiger charge is 2.28. The molecule has 1 amide bonds. The molecular weight excluding hydrogens is 474 g/mol. The van der Waals surface area contributed by atoms with Gasteiger partial charge in [-0.2, -0.15) is 4.68 Å². The average molecular weight is 496 g/mol. The van der Waals surface area contributed by atoms with E-state index in [0.717, 1.165) is 40.9 Å². The number of benzene rings is 1. The van der Waals surface area contributed by atoms with Gasteiger partial charge in [-0.1, -0.05) is 11.6 Å². The minimum atomic E-state index is -1.15. The first-order valence-corrected chi connectivity index (χ1v) is 11.6. The van der Waals surface area contributed by atoms with Crippen LogP contribution in [0.2, 0.25) is 0 Å². The minimum absolute atomic E-state index is 0.112. The van der Waals surface area contributed by atoms with Crippen molar-refractivity contribution in [2.24, 2.45) is 0 Å². The molecule has 0 radical (unpaired) electrons. The van der Waals surface area contributed by atoms with Gasteiger partial charge in [0.25, 0.3) is 5.56 Å². The Kier molecular flexibility index (Phi) is 5.33. The van der Waals surface area contributed by atoms with Crippen molar-refractivity contribution >= 4 is 11.8 Å². The monoisotopic (exact) mass is 495 g/mol. The Balaban J connectivity index is 1.32. The summed E-state index contributed by atoms with van der Waals surface area (Å²) in [5.41, 5.74) is 6.03. The number of imidazole rings is 1. The predicted octanol–water partition coefficient (Wildman–Crippen LogP) is 3.21. The Morgan fingerprint density at radius 1 is 1.14 bits per heavy atom. The van der Waals surface area contributed by atoms with E-state index in [1.165, 1.54) is 12.5 Å². The maximum absolute atomic E-state index is 13.4. The summed E-state index contributed by atoms with van der Waals surface area (Å²) in [5, 5.41) is 22.6. The molecular formula is C25H21N9O3. The summed E-state index contributed by atoms with van der Waals surface area (Å²) >= 11 is 0. The van der Waals surface area contributed by atoms with Crippen LogP contribution < -0.4 is 10.9 Å². The molecule has 1 aliphatic rings. The van der Waals surface area contributed by atoms with Crippen LogP contribution in [0.5, 0.6) is 0 Å². The van der Waals surface area contributed by atoms with Gasteiger partial charge >= 0.3 is 6.09 Å². The third kappa shape index (κ3) is 4.14. The number of H-pyrrole nitrogens is 1. The number of rotatable bonds is 5. The van der Waals surface area contributed by atoms with Crippen molar-refractivity contribution in [2.75, 3.05) is 5.32 Å². The van der Waals surface area contributed by atoms with Gasteiger partial charge in [-0.15, -0.1) is 5.10 Å². The van der Waals surface area contributed by atoms with Crippen LogP contribution in [-0.4, -0.2) is 50.9 Å². The molecule has 0 saturated carbocycles. The van der Waals surface area contributed by atoms with Gasteiger partial charge < -0.3 is 14.7 Å². The highest BCUT2D eigenvalue weighted by molar-refractivity contribution is 5.82. The summed E-state index contributed by atoms with van der Waals surface area (Å²) in [6, 6.07) is 12.7. The van der Waals surface area contributed by atoms with Crippen molar-refractivity contribution in [3.05, 3.63) is 88.6 Å². The fourth-order valence-electron chi connectivity index (χ4n) is 4.75. The van der Waals surface area contributed by atoms with E-state index in [-0.39, 0.29) is 11.6 Å². The zero-order valence-electron chi connectivity index (χ0n) is 19.7. The molecule has 1 aliphatic heterocycles. The first kappa shape index (κ1) is 22.3. The smallest absolute Gasteiger partial charge is 0.409 e. The van der Waals surface area contributed by atoms with Gasteiger partial charge in [-0.25, -0.2) is 9.78 Å². The molecule has 184 valence electrons. The first-order chi connectivity index (χ1) is 18.0. The molecule has 5 heterocycles. The molecule has 12 heteroatoms. The Bertz CT molecular complexity index is 1670. The summed E-state index contributed by atoms with van der Waals surface area (Å²) in [6.45, 7) is 2.00. The van der Waals surface area contributed by atoms with Crippen LogP contribution >= 0.6 is 0 Å². The Labute approximate surface area is 209 Å². The third-order valence-electron chi connectivity index (χ3n) is 6.39. The van der Waals surface area contributed by atoms with E-state index >= 15 is 0 Å². The zero-order chi connectivity index (χ0) is 25.5. The van der Waals surface area contributed by atoms with Gasteiger partial charge in [-0.05, 0) is 66.1 Å². The van der Waals surface area contributed by atoms with Crippen molar-refractivity contribution in [1.82, 2.24) is 39.7 Å². The Hall–Kier alpha value is -5.13. The Morgan fingerprint density at radius 2 is 2.03 bits per heavy atom.